The van der Waals surface area contributed by atoms with Crippen molar-refractivity contribution in [2.75, 3.05) is 32.3 Å². The molecule has 1 aromatic heterocycles. The Morgan fingerprint density at radius 1 is 1.41 bits per heavy atom. The van der Waals surface area contributed by atoms with E-state index in [1.165, 1.54) is 0 Å². The number of hydrogen-bond donors (Lipinski definition) is 0. The van der Waals surface area contributed by atoms with Crippen LogP contribution < -0.4 is 15.2 Å². The Morgan fingerprint density at radius 2 is 2.19 bits per heavy atom. The number of nitrogens with zero attached hydrogens (tertiary/aromatic N) is 4. The highest BCUT2D eigenvalue weighted by Gasteiger charge is 2.29. The maximum absolute atomic E-state index is 13.2. The molecule has 0 aliphatic carbocycles. The Bertz CT molecular complexity index is 951. The fraction of sp³-hybridized carbons (Fsp3) is 0.421. The average Bonchev–Trinajstić information content (AvgIpc) is 3.10. The number of methoxy groups -OCH3 is 2. The van der Waals surface area contributed by atoms with E-state index < -0.39 is 0 Å². The third kappa shape index (κ3) is 3.51. The fourth-order valence-corrected chi connectivity index (χ4v) is 3.60. The van der Waals surface area contributed by atoms with E-state index in [-0.39, 0.29) is 22.6 Å². The summed E-state index contributed by atoms with van der Waals surface area (Å²) < 4.78 is 12.1. The Labute approximate surface area is 162 Å². The summed E-state index contributed by atoms with van der Waals surface area (Å²) in [5, 5.41) is 0.227. The predicted octanol–water partition coefficient (Wildman–Crippen LogP) is 3.75. The molecule has 1 aromatic carbocycles. The van der Waals surface area contributed by atoms with Crippen LogP contribution in [0.5, 0.6) is 5.75 Å². The second-order valence-electron chi connectivity index (χ2n) is 6.28. The molecule has 0 spiro atoms. The highest BCUT2D eigenvalue weighted by Crippen LogP contribution is 2.43. The van der Waals surface area contributed by atoms with Crippen molar-refractivity contribution in [1.29, 1.82) is 0 Å². The van der Waals surface area contributed by atoms with Crippen molar-refractivity contribution in [2.24, 2.45) is 0 Å². The Morgan fingerprint density at radius 3 is 2.81 bits per heavy atom. The lowest BCUT2D eigenvalue weighted by molar-refractivity contribution is 0.151. The normalized spacial score (nSPS) is 14.0. The summed E-state index contributed by atoms with van der Waals surface area (Å²) in [4.78, 5) is 22.9. The van der Waals surface area contributed by atoms with Gasteiger partial charge in [-0.25, -0.2) is 9.83 Å². The number of hydrogen-bond acceptors (Lipinski definition) is 5. The first-order valence-electron chi connectivity index (χ1n) is 8.67. The number of anilines is 2. The summed E-state index contributed by atoms with van der Waals surface area (Å²) >= 11 is 6.23. The molecule has 1 aliphatic heterocycles. The van der Waals surface area contributed by atoms with Crippen molar-refractivity contribution in [2.45, 2.75) is 25.8 Å². The zero-order valence-corrected chi connectivity index (χ0v) is 16.3. The van der Waals surface area contributed by atoms with E-state index in [0.29, 0.717) is 43.1 Å². The van der Waals surface area contributed by atoms with Gasteiger partial charge in [0.2, 0.25) is 5.69 Å². The lowest BCUT2D eigenvalue weighted by Crippen LogP contribution is -2.33. The second kappa shape index (κ2) is 7.99. The first kappa shape index (κ1) is 19.2. The molecular weight excluding hydrogens is 368 g/mol. The van der Waals surface area contributed by atoms with Crippen LogP contribution in [0.3, 0.4) is 0 Å². The molecule has 0 saturated carbocycles. The highest BCUT2D eigenvalue weighted by atomic mass is 35.5. The molecule has 0 N–H and O–H groups in total. The minimum atomic E-state index is -0.247. The lowest BCUT2D eigenvalue weighted by atomic mass is 10.1. The van der Waals surface area contributed by atoms with Crippen molar-refractivity contribution >= 4 is 28.8 Å². The third-order valence-electron chi connectivity index (χ3n) is 4.74. The van der Waals surface area contributed by atoms with E-state index in [4.69, 9.17) is 27.6 Å². The van der Waals surface area contributed by atoms with Gasteiger partial charge in [-0.1, -0.05) is 18.5 Å². The molecule has 8 heteroatoms. The van der Waals surface area contributed by atoms with Crippen LogP contribution in [0.25, 0.3) is 4.85 Å². The van der Waals surface area contributed by atoms with Crippen LogP contribution in [0, 0.1) is 6.57 Å². The fourth-order valence-electron chi connectivity index (χ4n) is 3.41. The number of fused-ring (bicyclic) bond motifs is 1. The SMILES string of the molecule is [C-]#[N+]c1cc(OC)cc2c1N(c1nc(Cl)cn([C@H](CC)COC)c1=O)CC2. The summed E-state index contributed by atoms with van der Waals surface area (Å²) in [5.74, 6) is 0.857. The quantitative estimate of drug-likeness (QED) is 0.705. The predicted molar refractivity (Wildman–Crippen MR) is 105 cm³/mol. The van der Waals surface area contributed by atoms with E-state index in [2.05, 4.69) is 9.83 Å². The molecular formula is C19H21ClN4O3. The number of benzene rings is 1. The molecule has 0 radical (unpaired) electrons. The molecule has 0 amide bonds. The Balaban J connectivity index is 2.15. The van der Waals surface area contributed by atoms with E-state index in [1.54, 1.807) is 35.9 Å². The minimum Gasteiger partial charge on any atom is -0.498 e. The molecule has 1 aliphatic rings. The molecule has 0 bridgehead atoms. The first-order valence-corrected chi connectivity index (χ1v) is 9.05. The first-order chi connectivity index (χ1) is 13.0. The summed E-state index contributed by atoms with van der Waals surface area (Å²) in [6.45, 7) is 10.5. The van der Waals surface area contributed by atoms with Gasteiger partial charge in [-0.15, -0.1) is 0 Å². The van der Waals surface area contributed by atoms with Gasteiger partial charge in [0.25, 0.3) is 5.56 Å². The van der Waals surface area contributed by atoms with Gasteiger partial charge in [0.1, 0.15) is 10.9 Å². The van der Waals surface area contributed by atoms with Gasteiger partial charge in [0.05, 0.1) is 32.0 Å². The van der Waals surface area contributed by atoms with Crippen molar-refractivity contribution in [3.8, 4) is 5.75 Å². The van der Waals surface area contributed by atoms with Crippen LogP contribution in [0.15, 0.2) is 23.1 Å². The third-order valence-corrected chi connectivity index (χ3v) is 4.92. The monoisotopic (exact) mass is 388 g/mol. The number of ether oxygens (including phenoxy) is 2. The van der Waals surface area contributed by atoms with Gasteiger partial charge in [-0.05, 0) is 30.5 Å². The average molecular weight is 389 g/mol. The van der Waals surface area contributed by atoms with Gasteiger partial charge in [0.15, 0.2) is 5.82 Å². The zero-order valence-electron chi connectivity index (χ0n) is 15.5. The minimum absolute atomic E-state index is 0.139. The molecule has 0 fully saturated rings. The lowest BCUT2D eigenvalue weighted by Gasteiger charge is -2.23. The zero-order chi connectivity index (χ0) is 19.6. The molecule has 0 saturated heterocycles. The van der Waals surface area contributed by atoms with E-state index in [0.717, 1.165) is 5.56 Å². The van der Waals surface area contributed by atoms with Crippen LogP contribution in [0.4, 0.5) is 17.2 Å². The second-order valence-corrected chi connectivity index (χ2v) is 6.67. The van der Waals surface area contributed by atoms with Crippen LogP contribution in [0.2, 0.25) is 5.15 Å². The number of halogens is 1. The van der Waals surface area contributed by atoms with E-state index in [1.807, 2.05) is 13.0 Å². The number of aromatic nitrogens is 2. The van der Waals surface area contributed by atoms with Crippen molar-refractivity contribution < 1.29 is 9.47 Å². The standard InChI is InChI=1S/C19H21ClN4O3/c1-5-13(11-26-3)24-10-16(20)22-18(19(24)25)23-7-6-12-8-14(27-4)9-15(21-2)17(12)23/h8-10,13H,5-7,11H2,1,3-4H3/t13-/m1/s1. The molecule has 2 heterocycles. The molecule has 7 nitrogen and oxygen atoms in total. The van der Waals surface area contributed by atoms with Crippen molar-refractivity contribution in [1.82, 2.24) is 9.55 Å². The molecule has 1 atom stereocenters. The Hall–Kier alpha value is -2.56. The van der Waals surface area contributed by atoms with Gasteiger partial charge in [-0.2, -0.15) is 0 Å². The van der Waals surface area contributed by atoms with Crippen molar-refractivity contribution in [3.63, 3.8) is 0 Å². The van der Waals surface area contributed by atoms with E-state index in [9.17, 15) is 4.79 Å². The molecule has 142 valence electrons. The highest BCUT2D eigenvalue weighted by molar-refractivity contribution is 6.29. The molecule has 0 unspecified atom stereocenters. The maximum Gasteiger partial charge on any atom is 0.294 e. The maximum atomic E-state index is 13.2. The molecule has 3 rings (SSSR count). The van der Waals surface area contributed by atoms with Crippen LogP contribution in [0.1, 0.15) is 24.9 Å². The summed E-state index contributed by atoms with van der Waals surface area (Å²) in [7, 11) is 3.17. The Kier molecular flexibility index (Phi) is 5.68. The summed E-state index contributed by atoms with van der Waals surface area (Å²) in [5.41, 5.74) is 1.84. The van der Waals surface area contributed by atoms with Crippen LogP contribution >= 0.6 is 11.6 Å². The van der Waals surface area contributed by atoms with Crippen LogP contribution in [-0.4, -0.2) is 36.9 Å². The smallest absolute Gasteiger partial charge is 0.294 e. The summed E-state index contributed by atoms with van der Waals surface area (Å²) in [6, 6.07) is 3.43. The van der Waals surface area contributed by atoms with E-state index >= 15 is 0 Å². The molecule has 27 heavy (non-hydrogen) atoms. The van der Waals surface area contributed by atoms with Gasteiger partial charge in [-0.3, -0.25) is 4.79 Å². The van der Waals surface area contributed by atoms with Crippen LogP contribution in [-0.2, 0) is 11.2 Å². The molecule has 2 aromatic rings. The number of rotatable bonds is 6. The van der Waals surface area contributed by atoms with Gasteiger partial charge < -0.3 is 18.9 Å². The topological polar surface area (TPSA) is 60.9 Å². The summed E-state index contributed by atoms with van der Waals surface area (Å²) in [6.07, 6.45) is 2.95. The largest absolute Gasteiger partial charge is 0.498 e. The van der Waals surface area contributed by atoms with Crippen molar-refractivity contribution in [3.05, 3.63) is 50.8 Å². The van der Waals surface area contributed by atoms with Gasteiger partial charge in [0, 0.05) is 19.9 Å². The van der Waals surface area contributed by atoms with Gasteiger partial charge >= 0.3 is 0 Å².